The Morgan fingerprint density at radius 1 is 1.00 bits per heavy atom. The number of methoxy groups -OCH3 is 1. The number of sulfonamides is 1. The molecule has 0 amide bonds. The molecule has 0 atom stereocenters. The highest BCUT2D eigenvalue weighted by molar-refractivity contribution is 7.92. The lowest BCUT2D eigenvalue weighted by Crippen LogP contribution is -2.27. The molecule has 0 aliphatic rings. The van der Waals surface area contributed by atoms with Gasteiger partial charge in [0.05, 0.1) is 33.8 Å². The van der Waals surface area contributed by atoms with Gasteiger partial charge in [0.25, 0.3) is 10.0 Å². The fourth-order valence-corrected chi connectivity index (χ4v) is 4.35. The van der Waals surface area contributed by atoms with Crippen molar-refractivity contribution in [2.45, 2.75) is 4.90 Å². The molecule has 0 fully saturated rings. The zero-order valence-electron chi connectivity index (χ0n) is 17.6. The van der Waals surface area contributed by atoms with Crippen LogP contribution in [0.15, 0.2) is 71.6 Å². The van der Waals surface area contributed by atoms with Gasteiger partial charge in [0.2, 0.25) is 5.78 Å². The fourth-order valence-electron chi connectivity index (χ4n) is 2.93. The van der Waals surface area contributed by atoms with Crippen LogP contribution in [0.2, 0.25) is 5.02 Å². The van der Waals surface area contributed by atoms with Gasteiger partial charge in [-0.2, -0.15) is 0 Å². The van der Waals surface area contributed by atoms with Crippen LogP contribution in [0.5, 0.6) is 5.75 Å². The Bertz CT molecular complexity index is 1290. The van der Waals surface area contributed by atoms with Crippen LogP contribution in [0.3, 0.4) is 0 Å². The standard InChI is InChI=1S/C23H19ClFNO6S/c1-26(16-9-7-15(25)8-10-16)33(29,30)17-11-12-20(24)19(13-17)23(28)32-14-21(27)18-5-3-4-6-22(18)31-2/h3-13H,14H2,1-2H3. The minimum absolute atomic E-state index is 0.0480. The van der Waals surface area contributed by atoms with Crippen molar-refractivity contribution in [2.75, 3.05) is 25.1 Å². The molecule has 3 aromatic rings. The Morgan fingerprint density at radius 2 is 1.67 bits per heavy atom. The largest absolute Gasteiger partial charge is 0.496 e. The first-order chi connectivity index (χ1) is 15.6. The maximum Gasteiger partial charge on any atom is 0.340 e. The maximum atomic E-state index is 13.2. The van der Waals surface area contributed by atoms with E-state index in [1.54, 1.807) is 18.2 Å². The van der Waals surface area contributed by atoms with Gasteiger partial charge in [-0.1, -0.05) is 23.7 Å². The van der Waals surface area contributed by atoms with E-state index < -0.39 is 34.2 Å². The van der Waals surface area contributed by atoms with E-state index >= 15 is 0 Å². The van der Waals surface area contributed by atoms with E-state index in [0.29, 0.717) is 5.75 Å². The number of anilines is 1. The van der Waals surface area contributed by atoms with Crippen LogP contribution >= 0.6 is 11.6 Å². The summed E-state index contributed by atoms with van der Waals surface area (Å²) in [4.78, 5) is 24.8. The molecule has 0 radical (unpaired) electrons. The zero-order chi connectivity index (χ0) is 24.2. The van der Waals surface area contributed by atoms with Gasteiger partial charge in [-0.3, -0.25) is 9.10 Å². The maximum absolute atomic E-state index is 13.2. The van der Waals surface area contributed by atoms with Crippen LogP contribution in [-0.2, 0) is 14.8 Å². The number of esters is 1. The van der Waals surface area contributed by atoms with Crippen molar-refractivity contribution in [3.05, 3.63) is 88.7 Å². The van der Waals surface area contributed by atoms with Gasteiger partial charge in [-0.25, -0.2) is 17.6 Å². The number of ketones is 1. The Hall–Kier alpha value is -3.43. The summed E-state index contributed by atoms with van der Waals surface area (Å²) < 4.78 is 50.3. The van der Waals surface area contributed by atoms with Crippen LogP contribution in [0.25, 0.3) is 0 Å². The highest BCUT2D eigenvalue weighted by atomic mass is 35.5. The summed E-state index contributed by atoms with van der Waals surface area (Å²) in [7, 11) is -1.40. The van der Waals surface area contributed by atoms with Crippen molar-refractivity contribution in [2.24, 2.45) is 0 Å². The van der Waals surface area contributed by atoms with Gasteiger partial charge in [-0.05, 0) is 54.6 Å². The summed E-state index contributed by atoms with van der Waals surface area (Å²) in [6.07, 6.45) is 0. The van der Waals surface area contributed by atoms with Crippen LogP contribution in [0.4, 0.5) is 10.1 Å². The van der Waals surface area contributed by atoms with Crippen molar-refractivity contribution < 1.29 is 31.9 Å². The lowest BCUT2D eigenvalue weighted by atomic mass is 10.1. The van der Waals surface area contributed by atoms with Gasteiger partial charge in [0, 0.05) is 7.05 Å². The van der Waals surface area contributed by atoms with Gasteiger partial charge >= 0.3 is 5.97 Å². The summed E-state index contributed by atoms with van der Waals surface area (Å²) in [6, 6.07) is 14.9. The normalized spacial score (nSPS) is 11.0. The highest BCUT2D eigenvalue weighted by Gasteiger charge is 2.25. The molecule has 3 aromatic carbocycles. The molecule has 0 saturated heterocycles. The zero-order valence-corrected chi connectivity index (χ0v) is 19.2. The quantitative estimate of drug-likeness (QED) is 0.344. The molecule has 0 spiro atoms. The summed E-state index contributed by atoms with van der Waals surface area (Å²) in [5.41, 5.74) is 0.229. The second kappa shape index (κ2) is 10.0. The van der Waals surface area contributed by atoms with Crippen LogP contribution in [-0.4, -0.2) is 40.9 Å². The molecule has 7 nitrogen and oxygen atoms in total. The van der Waals surface area contributed by atoms with E-state index in [2.05, 4.69) is 0 Å². The van der Waals surface area contributed by atoms with Crippen LogP contribution < -0.4 is 9.04 Å². The Morgan fingerprint density at radius 3 is 2.33 bits per heavy atom. The summed E-state index contributed by atoms with van der Waals surface area (Å²) in [6.45, 7) is -0.595. The number of carbonyl (C=O) groups excluding carboxylic acids is 2. The predicted molar refractivity (Wildman–Crippen MR) is 121 cm³/mol. The minimum atomic E-state index is -4.10. The van der Waals surface area contributed by atoms with Crippen LogP contribution in [0.1, 0.15) is 20.7 Å². The smallest absolute Gasteiger partial charge is 0.340 e. The molecule has 172 valence electrons. The van der Waals surface area contributed by atoms with Crippen molar-refractivity contribution in [3.63, 3.8) is 0 Å². The van der Waals surface area contributed by atoms with Crippen molar-refractivity contribution in [1.82, 2.24) is 0 Å². The molecule has 0 saturated carbocycles. The second-order valence-electron chi connectivity index (χ2n) is 6.79. The third-order valence-corrected chi connectivity index (χ3v) is 6.86. The molecule has 0 bridgehead atoms. The van der Waals surface area contributed by atoms with Gasteiger partial charge < -0.3 is 9.47 Å². The van der Waals surface area contributed by atoms with E-state index in [1.807, 2.05) is 0 Å². The first kappa shape index (κ1) is 24.2. The summed E-state index contributed by atoms with van der Waals surface area (Å²) >= 11 is 6.08. The molecular formula is C23H19ClFNO6S. The Balaban J connectivity index is 1.81. The summed E-state index contributed by atoms with van der Waals surface area (Å²) in [5, 5.41) is -0.0480. The predicted octanol–water partition coefficient (Wildman–Crippen LogP) is 4.35. The first-order valence-electron chi connectivity index (χ1n) is 9.52. The Labute approximate surface area is 195 Å². The van der Waals surface area contributed by atoms with Crippen molar-refractivity contribution in [1.29, 1.82) is 0 Å². The third-order valence-electron chi connectivity index (χ3n) is 4.75. The Kier molecular flexibility index (Phi) is 7.35. The molecule has 0 aliphatic heterocycles. The number of rotatable bonds is 8. The van der Waals surface area contributed by atoms with Gasteiger partial charge in [-0.15, -0.1) is 0 Å². The number of carbonyl (C=O) groups is 2. The SMILES string of the molecule is COc1ccccc1C(=O)COC(=O)c1cc(S(=O)(=O)N(C)c2ccc(F)cc2)ccc1Cl. The van der Waals surface area contributed by atoms with E-state index in [1.165, 1.54) is 44.5 Å². The first-order valence-corrected chi connectivity index (χ1v) is 11.3. The minimum Gasteiger partial charge on any atom is -0.496 e. The van der Waals surface area contributed by atoms with Gasteiger partial charge in [0.15, 0.2) is 6.61 Å². The number of halogens is 2. The van der Waals surface area contributed by atoms with Crippen molar-refractivity contribution in [3.8, 4) is 5.75 Å². The van der Waals surface area contributed by atoms with Crippen LogP contribution in [0, 0.1) is 5.82 Å². The molecule has 33 heavy (non-hydrogen) atoms. The number of ether oxygens (including phenoxy) is 2. The van der Waals surface area contributed by atoms with E-state index in [-0.39, 0.29) is 26.7 Å². The van der Waals surface area contributed by atoms with Gasteiger partial charge in [0.1, 0.15) is 11.6 Å². The number of hydrogen-bond acceptors (Lipinski definition) is 6. The van der Waals surface area contributed by atoms with E-state index in [4.69, 9.17) is 21.1 Å². The number of para-hydroxylation sites is 1. The summed E-state index contributed by atoms with van der Waals surface area (Å²) in [5.74, 6) is -1.65. The lowest BCUT2D eigenvalue weighted by molar-refractivity contribution is 0.0474. The highest BCUT2D eigenvalue weighted by Crippen LogP contribution is 2.26. The second-order valence-corrected chi connectivity index (χ2v) is 9.17. The molecule has 0 aromatic heterocycles. The third kappa shape index (κ3) is 5.32. The number of nitrogens with zero attached hydrogens (tertiary/aromatic N) is 1. The molecule has 0 aliphatic carbocycles. The lowest BCUT2D eigenvalue weighted by Gasteiger charge is -2.20. The van der Waals surface area contributed by atoms with E-state index in [0.717, 1.165) is 22.5 Å². The van der Waals surface area contributed by atoms with E-state index in [9.17, 15) is 22.4 Å². The molecule has 0 unspecified atom stereocenters. The molecule has 0 heterocycles. The molecule has 10 heteroatoms. The monoisotopic (exact) mass is 491 g/mol. The average Bonchev–Trinajstić information content (AvgIpc) is 2.82. The van der Waals surface area contributed by atoms with Crippen molar-refractivity contribution >= 4 is 39.1 Å². The molecule has 0 N–H and O–H groups in total. The average molecular weight is 492 g/mol. The number of Topliss-reactive ketones (excluding diaryl/α,β-unsaturated/α-hetero) is 1. The topological polar surface area (TPSA) is 90.0 Å². The number of hydrogen-bond donors (Lipinski definition) is 0. The number of benzene rings is 3. The molecule has 3 rings (SSSR count). The fraction of sp³-hybridized carbons (Fsp3) is 0.130. The molecular weight excluding hydrogens is 473 g/mol.